The molecule has 0 aromatic heterocycles. The molecule has 1 aliphatic rings. The van der Waals surface area contributed by atoms with E-state index in [0.29, 0.717) is 12.1 Å². The zero-order valence-electron chi connectivity index (χ0n) is 20.4. The fraction of sp³-hybridized carbons (Fsp3) is 0.214. The Bertz CT molecular complexity index is 1380. The fourth-order valence-corrected chi connectivity index (χ4v) is 4.85. The lowest BCUT2D eigenvalue weighted by molar-refractivity contribution is -0.137. The zero-order chi connectivity index (χ0) is 26.5. The van der Waals surface area contributed by atoms with Crippen LogP contribution in [0.4, 0.5) is 5.69 Å². The average Bonchev–Trinajstić information content (AvgIpc) is 3.24. The molecule has 0 radical (unpaired) electrons. The first-order valence-corrected chi connectivity index (χ1v) is 12.0. The number of rotatable bonds is 9. The van der Waals surface area contributed by atoms with Crippen molar-refractivity contribution in [3.63, 3.8) is 0 Å². The number of aliphatic carboxylic acids is 1. The van der Waals surface area contributed by atoms with E-state index >= 15 is 0 Å². The molecule has 7 N–H and O–H groups in total. The number of guanidine groups is 1. The summed E-state index contributed by atoms with van der Waals surface area (Å²) in [6, 6.07) is 17.7. The van der Waals surface area contributed by atoms with Crippen molar-refractivity contribution >= 4 is 29.4 Å². The minimum Gasteiger partial charge on any atom is -0.481 e. The number of hydrogen-bond acceptors (Lipinski definition) is 4. The number of hydrogen-bond donors (Lipinski definition) is 6. The van der Waals surface area contributed by atoms with Crippen LogP contribution in [0.3, 0.4) is 0 Å². The number of carboxylic acid groups (broad SMARTS) is 1. The largest absolute Gasteiger partial charge is 0.481 e. The molecule has 3 aromatic carbocycles. The van der Waals surface area contributed by atoms with Gasteiger partial charge in [0.25, 0.3) is 5.91 Å². The van der Waals surface area contributed by atoms with Gasteiger partial charge in [-0.25, -0.2) is 0 Å². The summed E-state index contributed by atoms with van der Waals surface area (Å²) in [4.78, 5) is 37.0. The summed E-state index contributed by atoms with van der Waals surface area (Å²) in [6.07, 6.45) is 1.18. The minimum atomic E-state index is -1.03. The van der Waals surface area contributed by atoms with Crippen LogP contribution < -0.4 is 21.7 Å². The van der Waals surface area contributed by atoms with Crippen LogP contribution in [0.15, 0.2) is 60.7 Å². The van der Waals surface area contributed by atoms with Crippen molar-refractivity contribution in [1.29, 1.82) is 5.41 Å². The lowest BCUT2D eigenvalue weighted by atomic mass is 9.89. The van der Waals surface area contributed by atoms with Crippen LogP contribution in [0.2, 0.25) is 0 Å². The molecular formula is C28H29N5O4. The summed E-state index contributed by atoms with van der Waals surface area (Å²) in [5.41, 5.74) is 12.6. The van der Waals surface area contributed by atoms with Gasteiger partial charge in [-0.15, -0.1) is 0 Å². The number of anilines is 1. The highest BCUT2D eigenvalue weighted by atomic mass is 16.4. The number of carbonyl (C=O) groups is 3. The lowest BCUT2D eigenvalue weighted by Gasteiger charge is -2.23. The van der Waals surface area contributed by atoms with E-state index in [1.807, 2.05) is 31.2 Å². The van der Waals surface area contributed by atoms with Crippen LogP contribution >= 0.6 is 0 Å². The number of carbonyl (C=O) groups excluding carboxylic acids is 2. The van der Waals surface area contributed by atoms with E-state index in [4.69, 9.17) is 11.1 Å². The van der Waals surface area contributed by atoms with E-state index in [2.05, 4.69) is 28.1 Å². The second-order valence-electron chi connectivity index (χ2n) is 8.87. The first-order chi connectivity index (χ1) is 17.8. The summed E-state index contributed by atoms with van der Waals surface area (Å²) in [6.45, 7) is 1.70. The van der Waals surface area contributed by atoms with E-state index in [0.717, 1.165) is 28.7 Å². The number of benzene rings is 3. The van der Waals surface area contributed by atoms with Gasteiger partial charge in [-0.2, -0.15) is 0 Å². The first-order valence-electron chi connectivity index (χ1n) is 12.0. The molecule has 0 spiro atoms. The van der Waals surface area contributed by atoms with Gasteiger partial charge in [0.2, 0.25) is 5.91 Å². The third kappa shape index (κ3) is 5.78. The van der Waals surface area contributed by atoms with Crippen LogP contribution in [-0.2, 0) is 22.4 Å². The van der Waals surface area contributed by atoms with Gasteiger partial charge < -0.3 is 26.8 Å². The molecule has 4 rings (SSSR count). The maximum atomic E-state index is 12.8. The first kappa shape index (κ1) is 25.4. The molecule has 1 unspecified atom stereocenters. The molecule has 1 aliphatic carbocycles. The second-order valence-corrected chi connectivity index (χ2v) is 8.87. The Morgan fingerprint density at radius 2 is 1.84 bits per heavy atom. The van der Waals surface area contributed by atoms with Gasteiger partial charge in [0.1, 0.15) is 0 Å². The number of fused-ring (bicyclic) bond motifs is 3. The van der Waals surface area contributed by atoms with E-state index in [1.165, 1.54) is 17.2 Å². The summed E-state index contributed by atoms with van der Waals surface area (Å²) >= 11 is 0. The van der Waals surface area contributed by atoms with Crippen molar-refractivity contribution < 1.29 is 19.5 Å². The zero-order valence-corrected chi connectivity index (χ0v) is 20.4. The quantitative estimate of drug-likeness (QED) is 0.153. The van der Waals surface area contributed by atoms with Crippen molar-refractivity contribution in [3.05, 3.63) is 88.5 Å². The molecule has 0 saturated heterocycles. The monoisotopic (exact) mass is 499 g/mol. The van der Waals surface area contributed by atoms with Gasteiger partial charge in [-0.05, 0) is 64.4 Å². The predicted octanol–water partition coefficient (Wildman–Crippen LogP) is 3.19. The van der Waals surface area contributed by atoms with Crippen molar-refractivity contribution in [3.8, 4) is 11.1 Å². The molecule has 0 fully saturated rings. The molecule has 0 saturated carbocycles. The van der Waals surface area contributed by atoms with E-state index < -0.39 is 23.8 Å². The number of amides is 2. The Morgan fingerprint density at radius 3 is 2.57 bits per heavy atom. The van der Waals surface area contributed by atoms with Crippen LogP contribution in [0.25, 0.3) is 11.1 Å². The Labute approximate surface area is 214 Å². The molecule has 1 atom stereocenters. The second kappa shape index (κ2) is 10.9. The van der Waals surface area contributed by atoms with Gasteiger partial charge >= 0.3 is 5.97 Å². The summed E-state index contributed by atoms with van der Waals surface area (Å²) in [7, 11) is 0. The highest BCUT2D eigenvalue weighted by molar-refractivity contribution is 5.98. The van der Waals surface area contributed by atoms with Gasteiger partial charge in [0.15, 0.2) is 5.96 Å². The Morgan fingerprint density at radius 1 is 1.05 bits per heavy atom. The Kier molecular flexibility index (Phi) is 7.52. The maximum Gasteiger partial charge on any atom is 0.305 e. The van der Waals surface area contributed by atoms with Crippen molar-refractivity contribution in [2.75, 3.05) is 11.9 Å². The van der Waals surface area contributed by atoms with Crippen LogP contribution in [-0.4, -0.2) is 35.4 Å². The normalized spacial score (nSPS) is 12.1. The molecular weight excluding hydrogens is 470 g/mol. The predicted molar refractivity (Wildman–Crippen MR) is 142 cm³/mol. The highest BCUT2D eigenvalue weighted by Crippen LogP contribution is 2.41. The summed E-state index contributed by atoms with van der Waals surface area (Å²) in [5.74, 6) is -2.27. The van der Waals surface area contributed by atoms with Crippen molar-refractivity contribution in [1.82, 2.24) is 10.6 Å². The molecule has 3 aromatic rings. The number of nitrogens with one attached hydrogen (secondary N) is 4. The molecule has 0 bridgehead atoms. The lowest BCUT2D eigenvalue weighted by Crippen LogP contribution is -2.39. The number of carboxylic acids is 1. The fourth-order valence-electron chi connectivity index (χ4n) is 4.85. The summed E-state index contributed by atoms with van der Waals surface area (Å²) in [5, 5.41) is 24.8. The Balaban J connectivity index is 1.49. The van der Waals surface area contributed by atoms with E-state index in [1.54, 1.807) is 18.2 Å². The van der Waals surface area contributed by atoms with Gasteiger partial charge in [-0.1, -0.05) is 49.4 Å². The third-order valence-electron chi connectivity index (χ3n) is 6.40. The SMILES string of the molecule is CCc1c(C(CC(=O)O)NC(=O)CNC(=O)c2cccc(NC(=N)N)c2)ccc2c1Cc1ccccc1-2. The molecule has 190 valence electrons. The molecule has 0 heterocycles. The van der Waals surface area contributed by atoms with Crippen molar-refractivity contribution in [2.24, 2.45) is 5.73 Å². The van der Waals surface area contributed by atoms with Crippen LogP contribution in [0.5, 0.6) is 0 Å². The maximum absolute atomic E-state index is 12.8. The molecule has 2 amide bonds. The molecule has 9 nitrogen and oxygen atoms in total. The minimum absolute atomic E-state index is 0.261. The van der Waals surface area contributed by atoms with Gasteiger partial charge in [0.05, 0.1) is 19.0 Å². The molecule has 0 aliphatic heterocycles. The number of nitrogens with two attached hydrogens (primary N) is 1. The summed E-state index contributed by atoms with van der Waals surface area (Å²) < 4.78 is 0. The van der Waals surface area contributed by atoms with E-state index in [9.17, 15) is 19.5 Å². The average molecular weight is 500 g/mol. The van der Waals surface area contributed by atoms with Crippen LogP contribution in [0, 0.1) is 5.41 Å². The van der Waals surface area contributed by atoms with Gasteiger partial charge in [-0.3, -0.25) is 19.8 Å². The standard InChI is InChI=1S/C28H29N5O4/c1-2-19-22(11-10-21-20-9-4-3-6-16(20)13-23(19)21)24(14-26(35)36)33-25(34)15-31-27(37)17-7-5-8-18(12-17)32-28(29)30/h3-12,24H,2,13-15H2,1H3,(H,31,37)(H,33,34)(H,35,36)(H4,29,30,32). The Hall–Kier alpha value is -4.66. The topological polar surface area (TPSA) is 157 Å². The molecule has 37 heavy (non-hydrogen) atoms. The third-order valence-corrected chi connectivity index (χ3v) is 6.40. The van der Waals surface area contributed by atoms with Gasteiger partial charge in [0, 0.05) is 11.3 Å². The van der Waals surface area contributed by atoms with E-state index in [-0.39, 0.29) is 24.5 Å². The smallest absolute Gasteiger partial charge is 0.305 e. The van der Waals surface area contributed by atoms with Crippen LogP contribution in [0.1, 0.15) is 52.0 Å². The van der Waals surface area contributed by atoms with Crippen molar-refractivity contribution in [2.45, 2.75) is 32.2 Å². The highest BCUT2D eigenvalue weighted by Gasteiger charge is 2.27. The molecule has 9 heteroatoms.